The van der Waals surface area contributed by atoms with Crippen LogP contribution in [-0.2, 0) is 27.5 Å². The summed E-state index contributed by atoms with van der Waals surface area (Å²) in [6.07, 6.45) is 5.60. The van der Waals surface area contributed by atoms with E-state index in [2.05, 4.69) is 5.48 Å². The molecule has 1 saturated heterocycles. The molecule has 2 heterocycles. The Morgan fingerprint density at radius 1 is 1.21 bits per heavy atom. The second-order valence-electron chi connectivity index (χ2n) is 7.28. The molecular weight excluding hydrogens is 368 g/mol. The Kier molecular flexibility index (Phi) is 6.03. The maximum Gasteiger partial charge on any atom is 0.267 e. The van der Waals surface area contributed by atoms with Crippen molar-refractivity contribution in [2.75, 3.05) is 6.61 Å². The summed E-state index contributed by atoms with van der Waals surface area (Å²) in [6.45, 7) is 1.81. The second kappa shape index (κ2) is 9.03. The smallest absolute Gasteiger partial charge is 0.267 e. The zero-order valence-corrected chi connectivity index (χ0v) is 16.2. The molecule has 0 aliphatic carbocycles. The first-order valence-corrected chi connectivity index (χ1v) is 9.90. The van der Waals surface area contributed by atoms with Gasteiger partial charge in [-0.25, -0.2) is 10.3 Å². The van der Waals surface area contributed by atoms with E-state index in [9.17, 15) is 9.59 Å². The summed E-state index contributed by atoms with van der Waals surface area (Å²) in [5.74, 6) is -0.306. The molecule has 2 amide bonds. The Morgan fingerprint density at radius 3 is 2.86 bits per heavy atom. The van der Waals surface area contributed by atoms with E-state index in [-0.39, 0.29) is 18.1 Å². The van der Waals surface area contributed by atoms with Crippen LogP contribution in [0.4, 0.5) is 0 Å². The van der Waals surface area contributed by atoms with E-state index in [1.807, 2.05) is 53.4 Å². The fourth-order valence-corrected chi connectivity index (χ4v) is 3.57. The van der Waals surface area contributed by atoms with Gasteiger partial charge in [0.05, 0.1) is 0 Å². The van der Waals surface area contributed by atoms with Crippen molar-refractivity contribution in [1.29, 1.82) is 0 Å². The van der Waals surface area contributed by atoms with Gasteiger partial charge in [0, 0.05) is 37.8 Å². The molecule has 2 aromatic rings. The maximum atomic E-state index is 12.6. The van der Waals surface area contributed by atoms with Crippen molar-refractivity contribution in [3.05, 3.63) is 76.9 Å². The fourth-order valence-electron chi connectivity index (χ4n) is 3.57. The fraction of sp³-hybridized carbons (Fsp3) is 0.304. The molecule has 6 nitrogen and oxygen atoms in total. The van der Waals surface area contributed by atoms with Gasteiger partial charge in [-0.2, -0.15) is 0 Å². The highest BCUT2D eigenvalue weighted by molar-refractivity contribution is 5.98. The van der Waals surface area contributed by atoms with Gasteiger partial charge >= 0.3 is 0 Å². The van der Waals surface area contributed by atoms with E-state index in [1.54, 1.807) is 6.08 Å². The third kappa shape index (κ3) is 4.91. The summed E-state index contributed by atoms with van der Waals surface area (Å²) in [6, 6.07) is 15.6. The summed E-state index contributed by atoms with van der Waals surface area (Å²) in [5, 5.41) is 0. The van der Waals surface area contributed by atoms with Crippen molar-refractivity contribution >= 4 is 17.9 Å². The second-order valence-corrected chi connectivity index (χ2v) is 7.28. The van der Waals surface area contributed by atoms with Crippen LogP contribution in [0.5, 0.6) is 0 Å². The maximum absolute atomic E-state index is 12.6. The molecule has 2 aliphatic rings. The predicted molar refractivity (Wildman–Crippen MR) is 108 cm³/mol. The molecule has 1 atom stereocenters. The molecule has 0 saturated carbocycles. The molecule has 1 N–H and O–H groups in total. The Morgan fingerprint density at radius 2 is 2.07 bits per heavy atom. The highest BCUT2D eigenvalue weighted by Gasteiger charge is 2.27. The van der Waals surface area contributed by atoms with Gasteiger partial charge < -0.3 is 9.64 Å². The van der Waals surface area contributed by atoms with Gasteiger partial charge in [0.25, 0.3) is 11.8 Å². The summed E-state index contributed by atoms with van der Waals surface area (Å²) in [4.78, 5) is 31.7. The van der Waals surface area contributed by atoms with Gasteiger partial charge in [-0.3, -0.25) is 9.59 Å². The summed E-state index contributed by atoms with van der Waals surface area (Å²) >= 11 is 0. The minimum atomic E-state index is -0.372. The number of carbonyl (C=O) groups excluding carboxylic acids is 2. The lowest BCUT2D eigenvalue weighted by Gasteiger charge is -2.21. The molecule has 1 unspecified atom stereocenters. The molecule has 0 aromatic heterocycles. The van der Waals surface area contributed by atoms with Crippen LogP contribution in [0.15, 0.2) is 54.6 Å². The van der Waals surface area contributed by atoms with Crippen LogP contribution in [0.1, 0.15) is 46.3 Å². The lowest BCUT2D eigenvalue weighted by atomic mass is 10.1. The number of amides is 2. The molecule has 0 radical (unpaired) electrons. The van der Waals surface area contributed by atoms with E-state index in [4.69, 9.17) is 9.57 Å². The summed E-state index contributed by atoms with van der Waals surface area (Å²) in [5.41, 5.74) is 6.07. The van der Waals surface area contributed by atoms with Crippen molar-refractivity contribution in [1.82, 2.24) is 10.4 Å². The third-order valence-electron chi connectivity index (χ3n) is 5.08. The van der Waals surface area contributed by atoms with Gasteiger partial charge in [0.1, 0.15) is 0 Å². The molecule has 1 fully saturated rings. The lowest BCUT2D eigenvalue weighted by Crippen LogP contribution is -2.32. The van der Waals surface area contributed by atoms with Crippen molar-refractivity contribution in [2.24, 2.45) is 0 Å². The topological polar surface area (TPSA) is 67.9 Å². The van der Waals surface area contributed by atoms with Gasteiger partial charge in [-0.05, 0) is 47.7 Å². The number of hydrogen-bond acceptors (Lipinski definition) is 4. The van der Waals surface area contributed by atoms with Gasteiger partial charge in [0.2, 0.25) is 0 Å². The van der Waals surface area contributed by atoms with E-state index in [1.165, 1.54) is 6.08 Å². The highest BCUT2D eigenvalue weighted by Crippen LogP contribution is 2.26. The molecule has 0 spiro atoms. The normalized spacial score (nSPS) is 18.8. The van der Waals surface area contributed by atoms with Crippen molar-refractivity contribution in [2.45, 2.75) is 38.6 Å². The Balaban J connectivity index is 1.34. The van der Waals surface area contributed by atoms with Crippen LogP contribution >= 0.6 is 0 Å². The van der Waals surface area contributed by atoms with E-state index in [0.717, 1.165) is 41.5 Å². The predicted octanol–water partition coefficient (Wildman–Crippen LogP) is 3.43. The van der Waals surface area contributed by atoms with E-state index < -0.39 is 0 Å². The molecule has 0 bridgehead atoms. The van der Waals surface area contributed by atoms with E-state index in [0.29, 0.717) is 19.7 Å². The van der Waals surface area contributed by atoms with Crippen molar-refractivity contribution in [3.63, 3.8) is 0 Å². The number of rotatable bonds is 6. The van der Waals surface area contributed by atoms with Crippen LogP contribution < -0.4 is 5.48 Å². The highest BCUT2D eigenvalue weighted by atomic mass is 16.8. The number of nitrogens with one attached hydrogen (secondary N) is 1. The third-order valence-corrected chi connectivity index (χ3v) is 5.08. The molecule has 2 aliphatic heterocycles. The Labute approximate surface area is 170 Å². The minimum absolute atomic E-state index is 0.0398. The van der Waals surface area contributed by atoms with Crippen LogP contribution in [-0.4, -0.2) is 29.6 Å². The number of carbonyl (C=O) groups is 2. The molecule has 6 heteroatoms. The Bertz CT molecular complexity index is 904. The van der Waals surface area contributed by atoms with Crippen molar-refractivity contribution < 1.29 is 19.2 Å². The number of hydrogen-bond donors (Lipinski definition) is 1. The minimum Gasteiger partial charge on any atom is -0.350 e. The van der Waals surface area contributed by atoms with Crippen LogP contribution in [0.3, 0.4) is 0 Å². The largest absolute Gasteiger partial charge is 0.350 e. The summed E-state index contributed by atoms with van der Waals surface area (Å²) < 4.78 is 5.41. The number of nitrogens with zero attached hydrogens (tertiary/aromatic N) is 1. The molecular formula is C23H24N2O4. The number of benzene rings is 2. The number of hydroxylamine groups is 1. The monoisotopic (exact) mass is 392 g/mol. The SMILES string of the molecule is O=C(/C=C/c1ccc2c(c1)CN(Cc1ccccc1)C2=O)NOC1CCCCO1. The van der Waals surface area contributed by atoms with Gasteiger partial charge in [-0.1, -0.05) is 36.4 Å². The first-order chi connectivity index (χ1) is 14.2. The Hall–Kier alpha value is -2.96. The van der Waals surface area contributed by atoms with Gasteiger partial charge in [-0.15, -0.1) is 0 Å². The lowest BCUT2D eigenvalue weighted by molar-refractivity contribution is -0.198. The van der Waals surface area contributed by atoms with E-state index >= 15 is 0 Å². The first kappa shape index (κ1) is 19.4. The zero-order chi connectivity index (χ0) is 20.1. The average Bonchev–Trinajstić information content (AvgIpc) is 3.07. The molecule has 2 aromatic carbocycles. The summed E-state index contributed by atoms with van der Waals surface area (Å²) in [7, 11) is 0. The first-order valence-electron chi connectivity index (χ1n) is 9.90. The van der Waals surface area contributed by atoms with Crippen LogP contribution in [0.25, 0.3) is 6.08 Å². The van der Waals surface area contributed by atoms with Crippen LogP contribution in [0.2, 0.25) is 0 Å². The quantitative estimate of drug-likeness (QED) is 0.604. The molecule has 150 valence electrons. The average molecular weight is 392 g/mol. The standard InChI is InChI=1S/C23H24N2O4/c26-21(24-29-22-8-4-5-13-28-22)12-10-17-9-11-20-19(14-17)16-25(23(20)27)15-18-6-2-1-3-7-18/h1-3,6-7,9-12,14,22H,4-5,8,13,15-16H2,(H,24,26)/b12-10+. The molecule has 4 rings (SSSR count). The number of ether oxygens (including phenoxy) is 1. The zero-order valence-electron chi connectivity index (χ0n) is 16.2. The molecule has 29 heavy (non-hydrogen) atoms. The van der Waals surface area contributed by atoms with Crippen LogP contribution in [0, 0.1) is 0 Å². The van der Waals surface area contributed by atoms with Gasteiger partial charge in [0.15, 0.2) is 6.29 Å². The van der Waals surface area contributed by atoms with Crippen molar-refractivity contribution in [3.8, 4) is 0 Å². The number of fused-ring (bicyclic) bond motifs is 1.